The van der Waals surface area contributed by atoms with Crippen LogP contribution in [0.5, 0.6) is 0 Å². The van der Waals surface area contributed by atoms with Crippen LogP contribution in [0.25, 0.3) is 0 Å². The van der Waals surface area contributed by atoms with Gasteiger partial charge in [-0.1, -0.05) is 18.2 Å². The van der Waals surface area contributed by atoms with Crippen molar-refractivity contribution >= 4 is 14.2 Å². The topological polar surface area (TPSA) is 21.7 Å². The molecule has 0 radical (unpaired) electrons. The third-order valence-corrected chi connectivity index (χ3v) is 6.96. The summed E-state index contributed by atoms with van der Waals surface area (Å²) < 4.78 is 11.2. The lowest BCUT2D eigenvalue weighted by atomic mass is 10.2. The van der Waals surface area contributed by atoms with Gasteiger partial charge in [0.15, 0.2) is 0 Å². The van der Waals surface area contributed by atoms with Crippen LogP contribution in [-0.2, 0) is 8.85 Å². The van der Waals surface area contributed by atoms with Gasteiger partial charge in [-0.15, -0.1) is 0 Å². The first kappa shape index (κ1) is 11.6. The molecular weight excluding hydrogens is 218 g/mol. The zero-order valence-corrected chi connectivity index (χ0v) is 11.1. The molecule has 88 valence electrons. The van der Waals surface area contributed by atoms with Crippen molar-refractivity contribution in [2.75, 3.05) is 25.7 Å². The monoisotopic (exact) mass is 237 g/mol. The molecule has 1 aliphatic heterocycles. The Morgan fingerprint density at radius 3 is 2.25 bits per heavy atom. The Hall–Kier alpha value is -0.843. The van der Waals surface area contributed by atoms with E-state index in [0.717, 1.165) is 6.54 Å². The van der Waals surface area contributed by atoms with Gasteiger partial charge in [0.25, 0.3) is 0 Å². The van der Waals surface area contributed by atoms with Crippen molar-refractivity contribution in [2.45, 2.75) is 18.6 Å². The second-order valence-electron chi connectivity index (χ2n) is 4.26. The van der Waals surface area contributed by atoms with Gasteiger partial charge in [-0.3, -0.25) is 0 Å². The van der Waals surface area contributed by atoms with E-state index in [1.54, 1.807) is 14.2 Å². The second kappa shape index (κ2) is 4.57. The highest BCUT2D eigenvalue weighted by Crippen LogP contribution is 2.32. The molecule has 1 aromatic carbocycles. The summed E-state index contributed by atoms with van der Waals surface area (Å²) in [6.07, 6.45) is 1.17. The Kier molecular flexibility index (Phi) is 3.32. The van der Waals surface area contributed by atoms with Crippen LogP contribution in [0.2, 0.25) is 6.55 Å². The van der Waals surface area contributed by atoms with E-state index >= 15 is 0 Å². The first-order valence-electron chi connectivity index (χ1n) is 5.63. The smallest absolute Gasteiger partial charge is 0.357 e. The zero-order chi connectivity index (χ0) is 11.6. The molecule has 16 heavy (non-hydrogen) atoms. The van der Waals surface area contributed by atoms with Crippen molar-refractivity contribution < 1.29 is 8.85 Å². The fourth-order valence-corrected chi connectivity index (χ4v) is 4.43. The van der Waals surface area contributed by atoms with Gasteiger partial charge in [0.2, 0.25) is 0 Å². The molecule has 0 N–H and O–H groups in total. The average Bonchev–Trinajstić information content (AvgIpc) is 2.29. The minimum atomic E-state index is -2.03. The Bertz CT molecular complexity index is 340. The molecule has 1 unspecified atom stereocenters. The summed E-state index contributed by atoms with van der Waals surface area (Å²) in [7, 11) is 1.49. The maximum atomic E-state index is 5.62. The van der Waals surface area contributed by atoms with Crippen molar-refractivity contribution in [1.82, 2.24) is 0 Å². The molecule has 0 saturated carbocycles. The van der Waals surface area contributed by atoms with Gasteiger partial charge in [0.05, 0.1) is 5.67 Å². The molecule has 1 aliphatic rings. The number of hydrogen-bond donors (Lipinski definition) is 0. The van der Waals surface area contributed by atoms with Crippen molar-refractivity contribution in [3.8, 4) is 0 Å². The summed E-state index contributed by atoms with van der Waals surface area (Å²) in [4.78, 5) is 2.39. The molecular formula is C12H19NO2Si. The van der Waals surface area contributed by atoms with Gasteiger partial charge in [-0.05, 0) is 25.1 Å². The molecule has 1 aromatic rings. The van der Waals surface area contributed by atoms with Crippen LogP contribution in [0.15, 0.2) is 30.3 Å². The molecule has 0 aliphatic carbocycles. The van der Waals surface area contributed by atoms with Crippen molar-refractivity contribution in [2.24, 2.45) is 0 Å². The van der Waals surface area contributed by atoms with Crippen LogP contribution in [0.1, 0.15) is 6.42 Å². The predicted molar refractivity (Wildman–Crippen MR) is 67.8 cm³/mol. The zero-order valence-electron chi connectivity index (χ0n) is 10.1. The first-order valence-corrected chi connectivity index (χ1v) is 8.02. The summed E-state index contributed by atoms with van der Waals surface area (Å²) in [5.74, 6) is 0. The fourth-order valence-electron chi connectivity index (χ4n) is 2.22. The quantitative estimate of drug-likeness (QED) is 0.749. The van der Waals surface area contributed by atoms with Gasteiger partial charge in [0.1, 0.15) is 0 Å². The number of nitrogens with zero attached hydrogens (tertiary/aromatic N) is 1. The van der Waals surface area contributed by atoms with Crippen LogP contribution in [0.4, 0.5) is 5.69 Å². The van der Waals surface area contributed by atoms with E-state index in [0.29, 0.717) is 5.67 Å². The van der Waals surface area contributed by atoms with Gasteiger partial charge >= 0.3 is 8.56 Å². The van der Waals surface area contributed by atoms with E-state index < -0.39 is 8.56 Å². The average molecular weight is 237 g/mol. The van der Waals surface area contributed by atoms with Crippen LogP contribution < -0.4 is 4.90 Å². The lowest BCUT2D eigenvalue weighted by Gasteiger charge is -2.48. The molecule has 1 fully saturated rings. The second-order valence-corrected chi connectivity index (χ2v) is 7.77. The third-order valence-electron chi connectivity index (χ3n) is 3.52. The van der Waals surface area contributed by atoms with Crippen LogP contribution in [-0.4, -0.2) is 35.0 Å². The molecule has 1 atom stereocenters. The maximum absolute atomic E-state index is 5.62. The number of anilines is 1. The lowest BCUT2D eigenvalue weighted by molar-refractivity contribution is 0.223. The van der Waals surface area contributed by atoms with Crippen molar-refractivity contribution in [3.63, 3.8) is 0 Å². The Morgan fingerprint density at radius 1 is 1.19 bits per heavy atom. The molecule has 0 bridgehead atoms. The van der Waals surface area contributed by atoms with Crippen LogP contribution in [0.3, 0.4) is 0 Å². The van der Waals surface area contributed by atoms with E-state index in [4.69, 9.17) is 8.85 Å². The summed E-state index contributed by atoms with van der Waals surface area (Å²) in [6, 6.07) is 10.5. The Balaban J connectivity index is 2.15. The highest BCUT2D eigenvalue weighted by atomic mass is 28.4. The van der Waals surface area contributed by atoms with Crippen LogP contribution >= 0.6 is 0 Å². The van der Waals surface area contributed by atoms with Crippen molar-refractivity contribution in [3.05, 3.63) is 30.3 Å². The summed E-state index contributed by atoms with van der Waals surface area (Å²) in [5.41, 5.74) is 1.71. The van der Waals surface area contributed by atoms with Gasteiger partial charge < -0.3 is 13.8 Å². The maximum Gasteiger partial charge on any atom is 0.357 e. The number of hydrogen-bond acceptors (Lipinski definition) is 3. The normalized spacial score (nSPS) is 20.7. The minimum Gasteiger partial charge on any atom is -0.397 e. The van der Waals surface area contributed by atoms with E-state index in [2.05, 4.69) is 35.7 Å². The molecule has 2 rings (SSSR count). The molecule has 0 aromatic heterocycles. The number of para-hydroxylation sites is 1. The largest absolute Gasteiger partial charge is 0.397 e. The van der Waals surface area contributed by atoms with Crippen LogP contribution in [0, 0.1) is 0 Å². The third kappa shape index (κ3) is 1.88. The minimum absolute atomic E-state index is 0.435. The highest BCUT2D eigenvalue weighted by Gasteiger charge is 2.48. The SMILES string of the molecule is CO[Si](C)(OC)C1CCN1c1ccccc1. The van der Waals surface area contributed by atoms with Gasteiger partial charge in [0, 0.05) is 26.5 Å². The standard InChI is InChI=1S/C12H19NO2Si/c1-14-16(3,15-2)12-9-10-13(12)11-7-5-4-6-8-11/h4-8,12H,9-10H2,1-3H3. The molecule has 0 amide bonds. The molecule has 0 spiro atoms. The van der Waals surface area contributed by atoms with Crippen molar-refractivity contribution in [1.29, 1.82) is 0 Å². The van der Waals surface area contributed by atoms with Gasteiger partial charge in [-0.2, -0.15) is 0 Å². The summed E-state index contributed by atoms with van der Waals surface area (Å²) in [6.45, 7) is 3.23. The Labute approximate surface area is 98.2 Å². The lowest BCUT2D eigenvalue weighted by Crippen LogP contribution is -2.65. The first-order chi connectivity index (χ1) is 7.71. The fraction of sp³-hybridized carbons (Fsp3) is 0.500. The predicted octanol–water partition coefficient (Wildman–Crippen LogP) is 2.17. The molecule has 4 heteroatoms. The summed E-state index contributed by atoms with van der Waals surface area (Å²) in [5, 5.41) is 0. The molecule has 1 heterocycles. The number of benzene rings is 1. The number of rotatable bonds is 4. The highest BCUT2D eigenvalue weighted by molar-refractivity contribution is 6.68. The molecule has 3 nitrogen and oxygen atoms in total. The van der Waals surface area contributed by atoms with E-state index in [1.165, 1.54) is 12.1 Å². The Morgan fingerprint density at radius 2 is 1.81 bits per heavy atom. The van der Waals surface area contributed by atoms with E-state index in [-0.39, 0.29) is 0 Å². The van der Waals surface area contributed by atoms with Gasteiger partial charge in [-0.25, -0.2) is 0 Å². The van der Waals surface area contributed by atoms with E-state index in [9.17, 15) is 0 Å². The summed E-state index contributed by atoms with van der Waals surface area (Å²) >= 11 is 0. The van der Waals surface area contributed by atoms with E-state index in [1.807, 2.05) is 6.07 Å². The molecule has 1 saturated heterocycles.